The Bertz CT molecular complexity index is 1280. The van der Waals surface area contributed by atoms with Gasteiger partial charge in [-0.1, -0.05) is 12.1 Å². The zero-order valence-electron chi connectivity index (χ0n) is 17.0. The lowest BCUT2D eigenvalue weighted by atomic mass is 10.3. The van der Waals surface area contributed by atoms with Crippen molar-refractivity contribution in [3.63, 3.8) is 0 Å². The van der Waals surface area contributed by atoms with Crippen molar-refractivity contribution in [2.75, 3.05) is 13.6 Å². The van der Waals surface area contributed by atoms with Crippen molar-refractivity contribution in [2.24, 2.45) is 14.1 Å². The minimum atomic E-state index is -4.03. The Hall–Kier alpha value is -3.25. The molecular weight excluding hydrogens is 414 g/mol. The number of likely N-dealkylation sites (N-methyl/N-ethyl adjacent to an activating group) is 1. The Balaban J connectivity index is 0.000000735. The third-order valence-corrected chi connectivity index (χ3v) is 6.13. The first-order chi connectivity index (χ1) is 14.0. The number of imidazole rings is 1. The van der Waals surface area contributed by atoms with Crippen molar-refractivity contribution >= 4 is 27.0 Å². The molecule has 0 amide bonds. The number of carboxylic acid groups (broad SMARTS) is 1. The SMILES string of the molecule is CC(=O)O.CN(CCn1cnc2ccccc21)S(=O)(=O)c1cn(C)c(=O)n(C)c1=O. The molecule has 162 valence electrons. The van der Waals surface area contributed by atoms with Crippen LogP contribution in [-0.4, -0.2) is 56.1 Å². The van der Waals surface area contributed by atoms with E-state index >= 15 is 0 Å². The molecule has 30 heavy (non-hydrogen) atoms. The van der Waals surface area contributed by atoms with Crippen LogP contribution in [0.4, 0.5) is 0 Å². The molecule has 0 aliphatic carbocycles. The number of carboxylic acids is 1. The predicted octanol–water partition coefficient (Wildman–Crippen LogP) is -0.155. The minimum Gasteiger partial charge on any atom is -0.481 e. The number of sulfonamides is 1. The van der Waals surface area contributed by atoms with Crippen LogP contribution in [0, 0.1) is 0 Å². The summed E-state index contributed by atoms with van der Waals surface area (Å²) in [5, 5.41) is 7.42. The van der Waals surface area contributed by atoms with Gasteiger partial charge in [-0.25, -0.2) is 18.2 Å². The molecule has 2 aromatic heterocycles. The summed E-state index contributed by atoms with van der Waals surface area (Å²) in [5.74, 6) is -0.833. The predicted molar refractivity (Wildman–Crippen MR) is 110 cm³/mol. The second kappa shape index (κ2) is 9.05. The van der Waals surface area contributed by atoms with Gasteiger partial charge in [-0.2, -0.15) is 4.31 Å². The van der Waals surface area contributed by atoms with Crippen LogP contribution >= 0.6 is 0 Å². The minimum absolute atomic E-state index is 0.148. The number of hydrogen-bond acceptors (Lipinski definition) is 6. The molecule has 2 heterocycles. The summed E-state index contributed by atoms with van der Waals surface area (Å²) < 4.78 is 30.3. The molecule has 0 atom stereocenters. The quantitative estimate of drug-likeness (QED) is 0.586. The maximum absolute atomic E-state index is 12.8. The smallest absolute Gasteiger partial charge is 0.330 e. The van der Waals surface area contributed by atoms with E-state index in [1.807, 2.05) is 28.8 Å². The van der Waals surface area contributed by atoms with Crippen LogP contribution in [0.2, 0.25) is 0 Å². The number of carbonyl (C=O) groups is 1. The summed E-state index contributed by atoms with van der Waals surface area (Å²) in [6.45, 7) is 1.61. The van der Waals surface area contributed by atoms with Crippen LogP contribution < -0.4 is 11.2 Å². The zero-order chi connectivity index (χ0) is 22.6. The van der Waals surface area contributed by atoms with E-state index in [9.17, 15) is 18.0 Å². The monoisotopic (exact) mass is 437 g/mol. The van der Waals surface area contributed by atoms with Crippen LogP contribution in [-0.2, 0) is 35.5 Å². The van der Waals surface area contributed by atoms with E-state index in [0.29, 0.717) is 6.54 Å². The Morgan fingerprint density at radius 2 is 1.80 bits per heavy atom. The van der Waals surface area contributed by atoms with Crippen LogP contribution in [0.5, 0.6) is 0 Å². The molecule has 0 saturated carbocycles. The summed E-state index contributed by atoms with van der Waals surface area (Å²) in [5.41, 5.74) is 0.302. The van der Waals surface area contributed by atoms with Crippen molar-refractivity contribution in [1.82, 2.24) is 23.0 Å². The van der Waals surface area contributed by atoms with Crippen LogP contribution in [0.1, 0.15) is 6.92 Å². The Labute approximate surface area is 172 Å². The van der Waals surface area contributed by atoms with Crippen LogP contribution in [0.15, 0.2) is 51.3 Å². The molecule has 0 fully saturated rings. The van der Waals surface area contributed by atoms with Crippen molar-refractivity contribution < 1.29 is 18.3 Å². The van der Waals surface area contributed by atoms with E-state index in [4.69, 9.17) is 9.90 Å². The van der Waals surface area contributed by atoms with Crippen molar-refractivity contribution in [2.45, 2.75) is 18.4 Å². The topological polar surface area (TPSA) is 136 Å². The number of aromatic nitrogens is 4. The highest BCUT2D eigenvalue weighted by atomic mass is 32.2. The number of aliphatic carboxylic acids is 1. The first-order valence-corrected chi connectivity index (χ1v) is 10.2. The average Bonchev–Trinajstić information content (AvgIpc) is 3.09. The molecule has 0 aliphatic heterocycles. The number of aryl methyl sites for hydroxylation is 1. The van der Waals surface area contributed by atoms with Gasteiger partial charge in [0.25, 0.3) is 11.5 Å². The van der Waals surface area contributed by atoms with Gasteiger partial charge in [0.2, 0.25) is 10.0 Å². The maximum atomic E-state index is 12.8. The Kier molecular flexibility index (Phi) is 6.95. The standard InChI is InChI=1S/C16H19N5O4S.C2H4O2/c1-18-10-14(15(22)20(3)16(18)23)26(24,25)19(2)8-9-21-11-17-12-6-4-5-7-13(12)21;1-2(3)4/h4-7,10-11H,8-9H2,1-3H3;1H3,(H,3,4). The van der Waals surface area contributed by atoms with Crippen molar-refractivity contribution in [3.05, 3.63) is 57.6 Å². The number of para-hydroxylation sites is 2. The van der Waals surface area contributed by atoms with Crippen molar-refractivity contribution in [1.29, 1.82) is 0 Å². The molecule has 0 spiro atoms. The van der Waals surface area contributed by atoms with E-state index in [1.54, 1.807) is 6.33 Å². The molecule has 0 saturated heterocycles. The van der Waals surface area contributed by atoms with Crippen LogP contribution in [0.25, 0.3) is 11.0 Å². The molecule has 11 nitrogen and oxygen atoms in total. The lowest BCUT2D eigenvalue weighted by Gasteiger charge is -2.18. The third-order valence-electron chi connectivity index (χ3n) is 4.29. The highest BCUT2D eigenvalue weighted by Crippen LogP contribution is 2.13. The lowest BCUT2D eigenvalue weighted by Crippen LogP contribution is -2.42. The number of nitrogens with zero attached hydrogens (tertiary/aromatic N) is 5. The van der Waals surface area contributed by atoms with Gasteiger partial charge in [-0.15, -0.1) is 0 Å². The van der Waals surface area contributed by atoms with E-state index in [-0.39, 0.29) is 6.54 Å². The van der Waals surface area contributed by atoms with Gasteiger partial charge in [0.15, 0.2) is 4.90 Å². The summed E-state index contributed by atoms with van der Waals surface area (Å²) >= 11 is 0. The number of hydrogen-bond donors (Lipinski definition) is 1. The molecule has 1 N–H and O–H groups in total. The highest BCUT2D eigenvalue weighted by Gasteiger charge is 2.26. The third kappa shape index (κ3) is 4.83. The van der Waals surface area contributed by atoms with Crippen LogP contribution in [0.3, 0.4) is 0 Å². The van der Waals surface area contributed by atoms with Gasteiger partial charge >= 0.3 is 5.69 Å². The second-order valence-electron chi connectivity index (χ2n) is 6.52. The van der Waals surface area contributed by atoms with E-state index in [1.165, 1.54) is 21.1 Å². The van der Waals surface area contributed by atoms with E-state index in [0.717, 1.165) is 37.6 Å². The fourth-order valence-electron chi connectivity index (χ4n) is 2.68. The molecular formula is C18H23N5O6S. The normalized spacial score (nSPS) is 11.4. The Morgan fingerprint density at radius 1 is 1.20 bits per heavy atom. The van der Waals surface area contributed by atoms with Gasteiger partial charge in [0.1, 0.15) is 0 Å². The average molecular weight is 437 g/mol. The number of fused-ring (bicyclic) bond motifs is 1. The summed E-state index contributed by atoms with van der Waals surface area (Å²) in [6, 6.07) is 7.54. The number of benzene rings is 1. The van der Waals surface area contributed by atoms with E-state index < -0.39 is 32.1 Å². The molecule has 0 unspecified atom stereocenters. The summed E-state index contributed by atoms with van der Waals surface area (Å²) in [4.78, 5) is 36.8. The molecule has 0 aliphatic rings. The second-order valence-corrected chi connectivity index (χ2v) is 8.54. The van der Waals surface area contributed by atoms with E-state index in [2.05, 4.69) is 4.98 Å². The first-order valence-electron chi connectivity index (χ1n) is 8.79. The zero-order valence-corrected chi connectivity index (χ0v) is 17.8. The molecule has 0 radical (unpaired) electrons. The largest absolute Gasteiger partial charge is 0.481 e. The summed E-state index contributed by atoms with van der Waals surface area (Å²) in [7, 11) is 0.0229. The van der Waals surface area contributed by atoms with Gasteiger partial charge < -0.3 is 14.2 Å². The lowest BCUT2D eigenvalue weighted by molar-refractivity contribution is -0.134. The first kappa shape index (κ1) is 23.0. The van der Waals surface area contributed by atoms with Gasteiger partial charge in [-0.3, -0.25) is 14.2 Å². The highest BCUT2D eigenvalue weighted by molar-refractivity contribution is 7.89. The van der Waals surface area contributed by atoms with Gasteiger partial charge in [-0.05, 0) is 12.1 Å². The molecule has 12 heteroatoms. The molecule has 1 aromatic carbocycles. The fraction of sp³-hybridized carbons (Fsp3) is 0.333. The number of rotatable bonds is 5. The maximum Gasteiger partial charge on any atom is 0.330 e. The van der Waals surface area contributed by atoms with Gasteiger partial charge in [0, 0.05) is 47.4 Å². The molecule has 0 bridgehead atoms. The molecule has 3 aromatic rings. The van der Waals surface area contributed by atoms with Crippen molar-refractivity contribution in [3.8, 4) is 0 Å². The summed E-state index contributed by atoms with van der Waals surface area (Å²) in [6.07, 6.45) is 2.71. The Morgan fingerprint density at radius 3 is 2.43 bits per heavy atom. The fourth-order valence-corrected chi connectivity index (χ4v) is 3.98. The van der Waals surface area contributed by atoms with Gasteiger partial charge in [0.05, 0.1) is 17.4 Å². The molecule has 3 rings (SSSR count).